The van der Waals surface area contributed by atoms with Crippen LogP contribution in [0.25, 0.3) is 11.4 Å². The lowest BCUT2D eigenvalue weighted by atomic mass is 10.0. The first kappa shape index (κ1) is 21.5. The summed E-state index contributed by atoms with van der Waals surface area (Å²) >= 11 is 0. The quantitative estimate of drug-likeness (QED) is 0.582. The van der Waals surface area contributed by atoms with Crippen LogP contribution in [0.1, 0.15) is 53.6 Å². The number of aryl methyl sites for hydroxylation is 1. The van der Waals surface area contributed by atoms with E-state index < -0.39 is 6.10 Å². The van der Waals surface area contributed by atoms with Gasteiger partial charge in [0.2, 0.25) is 6.79 Å². The van der Waals surface area contributed by atoms with Crippen molar-refractivity contribution < 1.29 is 19.4 Å². The van der Waals surface area contributed by atoms with E-state index >= 15 is 0 Å². The van der Waals surface area contributed by atoms with Crippen molar-refractivity contribution in [1.29, 1.82) is 0 Å². The van der Waals surface area contributed by atoms with Crippen LogP contribution < -0.4 is 14.8 Å². The molecular formula is C25H28N4O4. The molecule has 3 aromatic rings. The van der Waals surface area contributed by atoms with E-state index in [1.807, 2.05) is 49.8 Å². The topological polar surface area (TPSA) is 98.5 Å². The molecule has 1 aliphatic carbocycles. The van der Waals surface area contributed by atoms with Crippen molar-refractivity contribution in [3.63, 3.8) is 0 Å². The monoisotopic (exact) mass is 448 g/mol. The predicted octanol–water partition coefficient (Wildman–Crippen LogP) is 3.23. The van der Waals surface area contributed by atoms with Gasteiger partial charge in [0, 0.05) is 19.4 Å². The zero-order chi connectivity index (χ0) is 22.8. The Kier molecular flexibility index (Phi) is 6.00. The van der Waals surface area contributed by atoms with Crippen molar-refractivity contribution in [2.75, 3.05) is 6.79 Å². The number of aromatic nitrogens is 3. The molecule has 1 aliphatic heterocycles. The van der Waals surface area contributed by atoms with Gasteiger partial charge in [0.25, 0.3) is 5.91 Å². The predicted molar refractivity (Wildman–Crippen MR) is 122 cm³/mol. The van der Waals surface area contributed by atoms with E-state index in [2.05, 4.69) is 15.4 Å². The maximum atomic E-state index is 13.2. The third-order valence-corrected chi connectivity index (χ3v) is 6.28. The molecule has 2 N–H and O–H groups in total. The zero-order valence-electron chi connectivity index (χ0n) is 18.7. The maximum Gasteiger partial charge on any atom is 0.255 e. The largest absolute Gasteiger partial charge is 0.454 e. The minimum atomic E-state index is -0.520. The second-order valence-corrected chi connectivity index (χ2v) is 8.77. The number of ether oxygens (including phenoxy) is 2. The Bertz CT molecular complexity index is 1140. The third-order valence-electron chi connectivity index (χ3n) is 6.28. The molecule has 2 atom stereocenters. The van der Waals surface area contributed by atoms with Gasteiger partial charge in [-0.15, -0.1) is 0 Å². The normalized spacial score (nSPS) is 19.8. The van der Waals surface area contributed by atoms with Crippen LogP contribution >= 0.6 is 0 Å². The van der Waals surface area contributed by atoms with Crippen LogP contribution in [0, 0.1) is 0 Å². The fourth-order valence-corrected chi connectivity index (χ4v) is 4.51. The Hall–Kier alpha value is -3.39. The highest BCUT2D eigenvalue weighted by molar-refractivity contribution is 5.98. The van der Waals surface area contributed by atoms with Crippen molar-refractivity contribution in [3.8, 4) is 22.9 Å². The van der Waals surface area contributed by atoms with Gasteiger partial charge in [-0.3, -0.25) is 14.5 Å². The summed E-state index contributed by atoms with van der Waals surface area (Å²) in [6.45, 7) is 0.0887. The molecule has 0 unspecified atom stereocenters. The molecule has 8 heteroatoms. The molecule has 0 saturated heterocycles. The van der Waals surface area contributed by atoms with Crippen molar-refractivity contribution in [1.82, 2.24) is 20.1 Å². The Balaban J connectivity index is 1.36. The highest BCUT2D eigenvalue weighted by Gasteiger charge is 2.28. The molecule has 1 aromatic carbocycles. The Morgan fingerprint density at radius 3 is 2.79 bits per heavy atom. The standard InChI is InChI=1S/C25H28N4O4/c1-29-10-9-20(28-29)19-8-7-16(14-26-19)11-17-12-18(24-23(13-17)32-15-33-24)25(31)27-21-5-3-2-4-6-22(21)30/h7-10,12-14,21-22,30H,2-6,11,15H2,1H3,(H,27,31)/t21-,22-/m0/s1. The number of nitrogens with zero attached hydrogens (tertiary/aromatic N) is 3. The highest BCUT2D eigenvalue weighted by atomic mass is 16.7. The molecule has 33 heavy (non-hydrogen) atoms. The lowest BCUT2D eigenvalue weighted by Crippen LogP contribution is -2.42. The lowest BCUT2D eigenvalue weighted by molar-refractivity contribution is 0.0815. The molecule has 1 amide bonds. The van der Waals surface area contributed by atoms with E-state index in [0.29, 0.717) is 29.9 Å². The number of carbonyl (C=O) groups excluding carboxylic acids is 1. The summed E-state index contributed by atoms with van der Waals surface area (Å²) in [5.74, 6) is 0.785. The molecule has 0 bridgehead atoms. The molecule has 2 aliphatic rings. The number of rotatable bonds is 5. The second-order valence-electron chi connectivity index (χ2n) is 8.77. The SMILES string of the molecule is Cn1ccc(-c2ccc(Cc3cc4c(c(C(=O)N[C@H]5CCCCC[C@@H]5O)c3)OCO4)cn2)n1. The molecule has 8 nitrogen and oxygen atoms in total. The molecule has 0 radical (unpaired) electrons. The van der Waals surface area contributed by atoms with Gasteiger partial charge < -0.3 is 19.9 Å². The number of fused-ring (bicyclic) bond motifs is 1. The van der Waals surface area contributed by atoms with Crippen molar-refractivity contribution >= 4 is 5.91 Å². The lowest BCUT2D eigenvalue weighted by Gasteiger charge is -2.22. The summed E-state index contributed by atoms with van der Waals surface area (Å²) in [7, 11) is 1.88. The van der Waals surface area contributed by atoms with E-state index in [1.165, 1.54) is 0 Å². The Morgan fingerprint density at radius 2 is 2.00 bits per heavy atom. The van der Waals surface area contributed by atoms with Gasteiger partial charge in [-0.1, -0.05) is 25.3 Å². The van der Waals surface area contributed by atoms with Crippen LogP contribution in [-0.2, 0) is 13.5 Å². The summed E-state index contributed by atoms with van der Waals surface area (Å²) in [6.07, 6.45) is 8.35. The van der Waals surface area contributed by atoms with Crippen LogP contribution in [0.5, 0.6) is 11.5 Å². The number of amides is 1. The van der Waals surface area contributed by atoms with Crippen LogP contribution in [0.3, 0.4) is 0 Å². The minimum Gasteiger partial charge on any atom is -0.454 e. The maximum absolute atomic E-state index is 13.2. The van der Waals surface area contributed by atoms with Crippen LogP contribution in [0.4, 0.5) is 0 Å². The molecule has 5 rings (SSSR count). The molecule has 0 spiro atoms. The number of hydrogen-bond donors (Lipinski definition) is 2. The average molecular weight is 449 g/mol. The van der Waals surface area contributed by atoms with Crippen LogP contribution in [0.2, 0.25) is 0 Å². The van der Waals surface area contributed by atoms with Crippen LogP contribution in [-0.4, -0.2) is 44.7 Å². The summed E-state index contributed by atoms with van der Waals surface area (Å²) in [5, 5.41) is 17.8. The number of hydrogen-bond acceptors (Lipinski definition) is 6. The van der Waals surface area contributed by atoms with Gasteiger partial charge in [0.05, 0.1) is 23.4 Å². The molecule has 2 aromatic heterocycles. The Labute approximate surface area is 192 Å². The number of aliphatic hydroxyl groups excluding tert-OH is 1. The molecule has 1 saturated carbocycles. The first-order valence-corrected chi connectivity index (χ1v) is 11.4. The number of benzene rings is 1. The fourth-order valence-electron chi connectivity index (χ4n) is 4.51. The smallest absolute Gasteiger partial charge is 0.255 e. The molecule has 172 valence electrons. The van der Waals surface area contributed by atoms with Gasteiger partial charge >= 0.3 is 0 Å². The van der Waals surface area contributed by atoms with E-state index in [1.54, 1.807) is 4.68 Å². The molecule has 1 fully saturated rings. The van der Waals surface area contributed by atoms with Gasteiger partial charge in [-0.05, 0) is 54.7 Å². The first-order valence-electron chi connectivity index (χ1n) is 11.4. The van der Waals surface area contributed by atoms with E-state index in [0.717, 1.165) is 48.2 Å². The molecule has 3 heterocycles. The van der Waals surface area contributed by atoms with Crippen molar-refractivity contribution in [2.24, 2.45) is 7.05 Å². The van der Waals surface area contributed by atoms with Gasteiger partial charge in [-0.2, -0.15) is 5.10 Å². The third kappa shape index (κ3) is 4.71. The van der Waals surface area contributed by atoms with Gasteiger partial charge in [0.1, 0.15) is 5.69 Å². The highest BCUT2D eigenvalue weighted by Crippen LogP contribution is 2.37. The molecular weight excluding hydrogens is 420 g/mol. The zero-order valence-corrected chi connectivity index (χ0v) is 18.7. The van der Waals surface area contributed by atoms with Crippen molar-refractivity contribution in [3.05, 3.63) is 59.4 Å². The number of nitrogens with one attached hydrogen (secondary N) is 1. The van der Waals surface area contributed by atoms with E-state index in [4.69, 9.17) is 9.47 Å². The fraction of sp³-hybridized carbons (Fsp3) is 0.400. The van der Waals surface area contributed by atoms with Gasteiger partial charge in [0.15, 0.2) is 11.5 Å². The number of aliphatic hydroxyl groups is 1. The summed E-state index contributed by atoms with van der Waals surface area (Å²) in [6, 6.07) is 9.40. The number of carbonyl (C=O) groups is 1. The summed E-state index contributed by atoms with van der Waals surface area (Å²) in [5.41, 5.74) is 4.02. The second kappa shape index (κ2) is 9.23. The van der Waals surface area contributed by atoms with E-state index in [9.17, 15) is 9.90 Å². The first-order chi connectivity index (χ1) is 16.1. The number of pyridine rings is 1. The summed E-state index contributed by atoms with van der Waals surface area (Å²) < 4.78 is 12.9. The average Bonchev–Trinajstić information content (AvgIpc) is 3.41. The van der Waals surface area contributed by atoms with Crippen LogP contribution in [0.15, 0.2) is 42.7 Å². The van der Waals surface area contributed by atoms with E-state index in [-0.39, 0.29) is 18.7 Å². The van der Waals surface area contributed by atoms with Crippen molar-refractivity contribution in [2.45, 2.75) is 50.7 Å². The Morgan fingerprint density at radius 1 is 1.12 bits per heavy atom. The minimum absolute atomic E-state index is 0.0887. The summed E-state index contributed by atoms with van der Waals surface area (Å²) in [4.78, 5) is 17.7. The van der Waals surface area contributed by atoms with Gasteiger partial charge in [-0.25, -0.2) is 0 Å².